The summed E-state index contributed by atoms with van der Waals surface area (Å²) in [5.74, 6) is -0.824. The van der Waals surface area contributed by atoms with Gasteiger partial charge in [-0.1, -0.05) is 0 Å². The first kappa shape index (κ1) is 15.0. The van der Waals surface area contributed by atoms with Crippen molar-refractivity contribution >= 4 is 35.4 Å². The highest BCUT2D eigenvalue weighted by molar-refractivity contribution is 7.12. The maximum absolute atomic E-state index is 12.3. The van der Waals surface area contributed by atoms with Gasteiger partial charge in [-0.3, -0.25) is 0 Å². The van der Waals surface area contributed by atoms with Crippen LogP contribution in [0, 0.1) is 0 Å². The molecular formula is C8H9ClF3NO2S. The Morgan fingerprint density at radius 2 is 2.12 bits per heavy atom. The summed E-state index contributed by atoms with van der Waals surface area (Å²) in [5, 5.41) is 0.807. The number of anilines is 1. The predicted molar refractivity (Wildman–Crippen MR) is 56.9 cm³/mol. The predicted octanol–water partition coefficient (Wildman–Crippen LogP) is 2.95. The minimum Gasteiger partial charge on any atom is -0.462 e. The van der Waals surface area contributed by atoms with Crippen LogP contribution in [0.1, 0.15) is 22.2 Å². The number of hydrogen-bond donors (Lipinski definition) is 1. The van der Waals surface area contributed by atoms with E-state index in [4.69, 9.17) is 5.73 Å². The minimum atomic E-state index is -4.54. The van der Waals surface area contributed by atoms with E-state index in [1.165, 1.54) is 0 Å². The Morgan fingerprint density at radius 3 is 2.50 bits per heavy atom. The van der Waals surface area contributed by atoms with Crippen molar-refractivity contribution in [1.82, 2.24) is 0 Å². The van der Waals surface area contributed by atoms with Crippen LogP contribution in [0.2, 0.25) is 0 Å². The summed E-state index contributed by atoms with van der Waals surface area (Å²) in [6.07, 6.45) is -4.54. The van der Waals surface area contributed by atoms with Crippen LogP contribution >= 0.6 is 23.7 Å². The van der Waals surface area contributed by atoms with Gasteiger partial charge in [0.25, 0.3) is 0 Å². The van der Waals surface area contributed by atoms with Crippen LogP contribution < -0.4 is 5.73 Å². The Labute approximate surface area is 99.8 Å². The number of carbonyl (C=O) groups excluding carboxylic acids is 1. The number of esters is 1. The smallest absolute Gasteiger partial charge is 0.419 e. The molecule has 0 radical (unpaired) electrons. The van der Waals surface area contributed by atoms with Gasteiger partial charge in [0.05, 0.1) is 17.9 Å². The van der Waals surface area contributed by atoms with Gasteiger partial charge in [-0.05, 0) is 6.92 Å². The molecule has 0 unspecified atom stereocenters. The van der Waals surface area contributed by atoms with Crippen molar-refractivity contribution in [3.8, 4) is 0 Å². The molecule has 0 saturated heterocycles. The van der Waals surface area contributed by atoms with E-state index in [-0.39, 0.29) is 23.9 Å². The Bertz CT molecular complexity index is 378. The van der Waals surface area contributed by atoms with Crippen molar-refractivity contribution in [1.29, 1.82) is 0 Å². The molecule has 0 aromatic carbocycles. The zero-order valence-electron chi connectivity index (χ0n) is 8.13. The van der Waals surface area contributed by atoms with E-state index in [0.29, 0.717) is 11.3 Å². The van der Waals surface area contributed by atoms with Gasteiger partial charge in [-0.25, -0.2) is 4.79 Å². The first-order valence-corrected chi connectivity index (χ1v) is 4.87. The molecule has 1 heterocycles. The second kappa shape index (κ2) is 5.40. The van der Waals surface area contributed by atoms with Crippen molar-refractivity contribution in [2.75, 3.05) is 12.3 Å². The van der Waals surface area contributed by atoms with Gasteiger partial charge in [-0.2, -0.15) is 13.2 Å². The van der Waals surface area contributed by atoms with Gasteiger partial charge in [0.2, 0.25) is 0 Å². The molecule has 0 aliphatic rings. The summed E-state index contributed by atoms with van der Waals surface area (Å²) in [5.41, 5.74) is 3.66. The zero-order valence-corrected chi connectivity index (χ0v) is 9.76. The molecule has 1 aromatic rings. The third-order valence-electron chi connectivity index (χ3n) is 1.60. The lowest BCUT2D eigenvalue weighted by atomic mass is 10.2. The van der Waals surface area contributed by atoms with Crippen LogP contribution in [-0.4, -0.2) is 12.6 Å². The third-order valence-corrected chi connectivity index (χ3v) is 2.57. The second-order valence-electron chi connectivity index (χ2n) is 2.61. The Morgan fingerprint density at radius 1 is 1.56 bits per heavy atom. The fourth-order valence-electron chi connectivity index (χ4n) is 0.941. The highest BCUT2D eigenvalue weighted by atomic mass is 35.5. The monoisotopic (exact) mass is 275 g/mol. The van der Waals surface area contributed by atoms with Crippen LogP contribution in [0.15, 0.2) is 5.38 Å². The molecule has 0 atom stereocenters. The van der Waals surface area contributed by atoms with Gasteiger partial charge in [0.15, 0.2) is 0 Å². The van der Waals surface area contributed by atoms with E-state index in [1.54, 1.807) is 6.92 Å². The van der Waals surface area contributed by atoms with Crippen LogP contribution in [-0.2, 0) is 10.9 Å². The average Bonchev–Trinajstić information content (AvgIpc) is 2.46. The molecule has 0 fully saturated rings. The highest BCUT2D eigenvalue weighted by Gasteiger charge is 2.36. The van der Waals surface area contributed by atoms with E-state index < -0.39 is 23.4 Å². The fourth-order valence-corrected chi connectivity index (χ4v) is 1.83. The lowest BCUT2D eigenvalue weighted by Crippen LogP contribution is -2.10. The topological polar surface area (TPSA) is 52.3 Å². The van der Waals surface area contributed by atoms with E-state index in [0.717, 1.165) is 5.38 Å². The Kier molecular flexibility index (Phi) is 5.08. The molecule has 0 amide bonds. The van der Waals surface area contributed by atoms with E-state index >= 15 is 0 Å². The van der Waals surface area contributed by atoms with Crippen LogP contribution in [0.3, 0.4) is 0 Å². The normalized spacial score (nSPS) is 10.8. The first-order chi connectivity index (χ1) is 6.88. The number of thiophene rings is 1. The maximum atomic E-state index is 12.3. The minimum absolute atomic E-state index is 0. The van der Waals surface area contributed by atoms with Crippen LogP contribution in [0.25, 0.3) is 0 Å². The van der Waals surface area contributed by atoms with Crippen molar-refractivity contribution in [2.45, 2.75) is 13.1 Å². The molecule has 2 N–H and O–H groups in total. The molecular weight excluding hydrogens is 267 g/mol. The second-order valence-corrected chi connectivity index (χ2v) is 3.49. The maximum Gasteiger partial charge on any atom is 0.419 e. The van der Waals surface area contributed by atoms with E-state index in [1.807, 2.05) is 0 Å². The standard InChI is InChI=1S/C8H8F3NO2S.ClH/c1-2-14-7(13)6-5(12)4(3-15-6)8(9,10)11;/h3H,2,12H2,1H3;1H. The molecule has 1 aromatic heterocycles. The highest BCUT2D eigenvalue weighted by Crippen LogP contribution is 2.38. The summed E-state index contributed by atoms with van der Waals surface area (Å²) in [4.78, 5) is 10.9. The zero-order chi connectivity index (χ0) is 11.6. The molecule has 0 spiro atoms. The Hall–Kier alpha value is -0.950. The summed E-state index contributed by atoms with van der Waals surface area (Å²) >= 11 is 0.632. The molecule has 92 valence electrons. The first-order valence-electron chi connectivity index (χ1n) is 3.99. The van der Waals surface area contributed by atoms with Crippen LogP contribution in [0.5, 0.6) is 0 Å². The Balaban J connectivity index is 0.00000225. The fraction of sp³-hybridized carbons (Fsp3) is 0.375. The molecule has 0 saturated carbocycles. The molecule has 0 aliphatic heterocycles. The molecule has 3 nitrogen and oxygen atoms in total. The van der Waals surface area contributed by atoms with E-state index in [2.05, 4.69) is 4.74 Å². The van der Waals surface area contributed by atoms with Gasteiger partial charge in [0, 0.05) is 5.38 Å². The number of nitrogens with two attached hydrogens (primary N) is 1. The molecule has 0 bridgehead atoms. The number of rotatable bonds is 2. The SMILES string of the molecule is CCOC(=O)c1scc(C(F)(F)F)c1N.Cl. The summed E-state index contributed by atoms with van der Waals surface area (Å²) < 4.78 is 41.4. The number of halogens is 4. The van der Waals surface area contributed by atoms with Crippen LogP contribution in [0.4, 0.5) is 18.9 Å². The van der Waals surface area contributed by atoms with Gasteiger partial charge < -0.3 is 10.5 Å². The number of hydrogen-bond acceptors (Lipinski definition) is 4. The lowest BCUT2D eigenvalue weighted by Gasteiger charge is -2.05. The van der Waals surface area contributed by atoms with Gasteiger partial charge >= 0.3 is 12.1 Å². The molecule has 0 aliphatic carbocycles. The molecule has 1 rings (SSSR count). The van der Waals surface area contributed by atoms with Crippen molar-refractivity contribution in [3.63, 3.8) is 0 Å². The molecule has 16 heavy (non-hydrogen) atoms. The quantitative estimate of drug-likeness (QED) is 0.844. The third kappa shape index (κ3) is 3.02. The largest absolute Gasteiger partial charge is 0.462 e. The number of nitrogen functional groups attached to an aromatic ring is 1. The van der Waals surface area contributed by atoms with Crippen molar-refractivity contribution in [3.05, 3.63) is 15.8 Å². The van der Waals surface area contributed by atoms with Crippen molar-refractivity contribution < 1.29 is 22.7 Å². The van der Waals surface area contributed by atoms with Crippen molar-refractivity contribution in [2.24, 2.45) is 0 Å². The number of carbonyl (C=O) groups is 1. The summed E-state index contributed by atoms with van der Waals surface area (Å²) in [6, 6.07) is 0. The summed E-state index contributed by atoms with van der Waals surface area (Å²) in [7, 11) is 0. The van der Waals surface area contributed by atoms with Gasteiger partial charge in [-0.15, -0.1) is 23.7 Å². The van der Waals surface area contributed by atoms with Gasteiger partial charge in [0.1, 0.15) is 4.88 Å². The molecule has 8 heteroatoms. The van der Waals surface area contributed by atoms with E-state index in [9.17, 15) is 18.0 Å². The lowest BCUT2D eigenvalue weighted by molar-refractivity contribution is -0.136. The summed E-state index contributed by atoms with van der Waals surface area (Å²) in [6.45, 7) is 1.66. The number of alkyl halides is 3. The number of ether oxygens (including phenoxy) is 1. The average molecular weight is 276 g/mol.